The third-order valence-electron chi connectivity index (χ3n) is 5.64. The van der Waals surface area contributed by atoms with Crippen LogP contribution in [0.2, 0.25) is 0 Å². The highest BCUT2D eigenvalue weighted by Gasteiger charge is 2.32. The number of alkyl halides is 6. The van der Waals surface area contributed by atoms with E-state index < -0.39 is 23.5 Å². The van der Waals surface area contributed by atoms with E-state index in [0.29, 0.717) is 32.3 Å². The molecule has 0 aromatic heterocycles. The van der Waals surface area contributed by atoms with E-state index >= 15 is 0 Å². The molecule has 0 saturated heterocycles. The molecule has 0 heterocycles. The van der Waals surface area contributed by atoms with Crippen LogP contribution in [0.1, 0.15) is 11.1 Å². The molecule has 0 unspecified atom stereocenters. The van der Waals surface area contributed by atoms with Crippen LogP contribution in [0.4, 0.5) is 26.3 Å². The summed E-state index contributed by atoms with van der Waals surface area (Å²) in [6.07, 6.45) is -7.55. The smallest absolute Gasteiger partial charge is 0.300 e. The molecular weight excluding hydrogens is 432 g/mol. The lowest BCUT2D eigenvalue weighted by molar-refractivity contribution is -0.138. The van der Waals surface area contributed by atoms with Crippen molar-refractivity contribution in [1.82, 2.24) is 0 Å². The molecule has 0 atom stereocenters. The Morgan fingerprint density at radius 3 is 1.62 bits per heavy atom. The van der Waals surface area contributed by atoms with Crippen LogP contribution in [0.15, 0.2) is 53.5 Å². The van der Waals surface area contributed by atoms with Crippen molar-refractivity contribution in [3.05, 3.63) is 70.4 Å². The maximum atomic E-state index is 13.2. The molecule has 0 spiro atoms. The van der Waals surface area contributed by atoms with Crippen LogP contribution in [-0.2, 0) is 12.4 Å². The Morgan fingerprint density at radius 2 is 1.06 bits per heavy atom. The molecule has 0 saturated carbocycles. The standard InChI is InChI=1S/C23H9F6N3/c24-22(25,26)10-1-3-12-14-7-15-13-4-2-11(23(27,28)29)6-18(13)21(32-9-30)19(15)8-17(14)20(31)16(12)5-10/h1-8,31H. The Kier molecular flexibility index (Phi) is 3.93. The van der Waals surface area contributed by atoms with Crippen LogP contribution in [0.25, 0.3) is 43.1 Å². The molecular formula is C23H9F6N3. The second-order valence-corrected chi connectivity index (χ2v) is 7.40. The molecule has 32 heavy (non-hydrogen) atoms. The van der Waals surface area contributed by atoms with Gasteiger partial charge in [-0.2, -0.15) is 36.6 Å². The van der Waals surface area contributed by atoms with Gasteiger partial charge in [-0.15, -0.1) is 0 Å². The summed E-state index contributed by atoms with van der Waals surface area (Å²) in [6.45, 7) is 0. The second-order valence-electron chi connectivity index (χ2n) is 7.40. The fourth-order valence-corrected chi connectivity index (χ4v) is 4.22. The number of halogens is 6. The molecule has 3 nitrogen and oxygen atoms in total. The van der Waals surface area contributed by atoms with Crippen LogP contribution in [0.5, 0.6) is 0 Å². The SMILES string of the molecule is N#CN=c1c2cc(C(F)(F)F)ccc2c2cc3c(cc12)c(=N)c1cc(C(F)(F)F)ccc13. The fourth-order valence-electron chi connectivity index (χ4n) is 4.22. The van der Waals surface area contributed by atoms with Crippen LogP contribution >= 0.6 is 0 Å². The van der Waals surface area contributed by atoms with Gasteiger partial charge in [0.05, 0.1) is 21.8 Å². The van der Waals surface area contributed by atoms with E-state index in [2.05, 4.69) is 4.99 Å². The third kappa shape index (κ3) is 2.76. The predicted molar refractivity (Wildman–Crippen MR) is 106 cm³/mol. The van der Waals surface area contributed by atoms with Crippen molar-refractivity contribution in [3.8, 4) is 6.19 Å². The van der Waals surface area contributed by atoms with Gasteiger partial charge in [0.2, 0.25) is 6.19 Å². The first kappa shape index (κ1) is 20.0. The highest BCUT2D eigenvalue weighted by Crippen LogP contribution is 2.37. The number of nitrogens with zero attached hydrogens (tertiary/aromatic N) is 2. The number of benzene rings is 3. The van der Waals surface area contributed by atoms with Gasteiger partial charge in [-0.25, -0.2) is 0 Å². The highest BCUT2D eigenvalue weighted by molar-refractivity contribution is 6.21. The van der Waals surface area contributed by atoms with Gasteiger partial charge in [0.1, 0.15) is 0 Å². The van der Waals surface area contributed by atoms with Gasteiger partial charge in [0.15, 0.2) is 0 Å². The normalized spacial score (nSPS) is 13.6. The minimum atomic E-state index is -4.58. The third-order valence-corrected chi connectivity index (χ3v) is 5.64. The summed E-state index contributed by atoms with van der Waals surface area (Å²) >= 11 is 0. The van der Waals surface area contributed by atoms with Gasteiger partial charge < -0.3 is 0 Å². The molecule has 5 aromatic rings. The van der Waals surface area contributed by atoms with E-state index in [1.807, 2.05) is 0 Å². The topological polar surface area (TPSA) is 60.0 Å². The summed E-state index contributed by atoms with van der Waals surface area (Å²) in [4.78, 5) is 3.71. The van der Waals surface area contributed by atoms with Crippen molar-refractivity contribution < 1.29 is 26.3 Å². The summed E-state index contributed by atoms with van der Waals surface area (Å²) in [5, 5.41) is 20.2. The Morgan fingerprint density at radius 1 is 0.625 bits per heavy atom. The Balaban J connectivity index is 1.94. The molecule has 0 bridgehead atoms. The van der Waals surface area contributed by atoms with E-state index in [0.717, 1.165) is 24.3 Å². The average Bonchev–Trinajstić information content (AvgIpc) is 3.18. The largest absolute Gasteiger partial charge is 0.416 e. The number of hydrogen-bond acceptors (Lipinski definition) is 3. The molecule has 158 valence electrons. The number of nitrogens with one attached hydrogen (secondary N) is 1. The van der Waals surface area contributed by atoms with E-state index in [1.54, 1.807) is 12.3 Å². The van der Waals surface area contributed by atoms with E-state index in [9.17, 15) is 26.3 Å². The van der Waals surface area contributed by atoms with E-state index in [-0.39, 0.29) is 21.5 Å². The number of fused-ring (bicyclic) bond motifs is 6. The molecule has 0 aliphatic rings. The van der Waals surface area contributed by atoms with Crippen molar-refractivity contribution in [2.75, 3.05) is 0 Å². The quantitative estimate of drug-likeness (QED) is 0.230. The fraction of sp³-hybridized carbons (Fsp3) is 0.0870. The maximum absolute atomic E-state index is 13.2. The molecule has 1 N–H and O–H groups in total. The molecule has 5 rings (SSSR count). The van der Waals surface area contributed by atoms with E-state index in [4.69, 9.17) is 10.7 Å². The highest BCUT2D eigenvalue weighted by atomic mass is 19.4. The summed E-state index contributed by atoms with van der Waals surface area (Å²) in [5.41, 5.74) is -1.77. The molecule has 0 fully saturated rings. The summed E-state index contributed by atoms with van der Waals surface area (Å²) in [5.74, 6) is 0. The first-order valence-corrected chi connectivity index (χ1v) is 9.19. The number of nitriles is 1. The van der Waals surface area contributed by atoms with Crippen LogP contribution in [-0.4, -0.2) is 0 Å². The molecule has 0 amide bonds. The Hall–Kier alpha value is -3.93. The molecule has 9 heteroatoms. The Labute approximate surface area is 174 Å². The van der Waals surface area contributed by atoms with Crippen molar-refractivity contribution in [1.29, 1.82) is 10.7 Å². The van der Waals surface area contributed by atoms with Crippen molar-refractivity contribution in [2.24, 2.45) is 4.99 Å². The average molecular weight is 441 g/mol. The maximum Gasteiger partial charge on any atom is 0.416 e. The lowest BCUT2D eigenvalue weighted by atomic mass is 10.1. The molecule has 0 aliphatic carbocycles. The second kappa shape index (κ2) is 6.29. The van der Waals surface area contributed by atoms with Crippen LogP contribution in [0, 0.1) is 16.9 Å². The van der Waals surface area contributed by atoms with Gasteiger partial charge in [-0.05, 0) is 57.9 Å². The van der Waals surface area contributed by atoms with Crippen LogP contribution in [0.3, 0.4) is 0 Å². The zero-order valence-electron chi connectivity index (χ0n) is 15.8. The molecule has 5 aromatic carbocycles. The summed E-state index contributed by atoms with van der Waals surface area (Å²) in [7, 11) is 0. The van der Waals surface area contributed by atoms with Crippen molar-refractivity contribution >= 4 is 43.1 Å². The van der Waals surface area contributed by atoms with Crippen molar-refractivity contribution in [2.45, 2.75) is 12.4 Å². The number of rotatable bonds is 0. The van der Waals surface area contributed by atoms with E-state index in [1.165, 1.54) is 18.2 Å². The first-order chi connectivity index (χ1) is 15.0. The number of hydrogen-bond donors (Lipinski definition) is 1. The minimum absolute atomic E-state index is 0.0335. The minimum Gasteiger partial charge on any atom is -0.300 e. The van der Waals surface area contributed by atoms with Gasteiger partial charge in [0, 0.05) is 21.5 Å². The molecule has 0 aliphatic heterocycles. The molecule has 0 radical (unpaired) electrons. The van der Waals surface area contributed by atoms with Gasteiger partial charge >= 0.3 is 12.4 Å². The first-order valence-electron chi connectivity index (χ1n) is 9.19. The summed E-state index contributed by atoms with van der Waals surface area (Å²) in [6, 6.07) is 9.41. The Bertz CT molecular complexity index is 1730. The van der Waals surface area contributed by atoms with Crippen molar-refractivity contribution in [3.63, 3.8) is 0 Å². The van der Waals surface area contributed by atoms with Gasteiger partial charge in [0.25, 0.3) is 0 Å². The van der Waals surface area contributed by atoms with Crippen LogP contribution < -0.4 is 10.7 Å². The predicted octanol–water partition coefficient (Wildman–Crippen LogP) is 6.07. The monoisotopic (exact) mass is 441 g/mol. The van der Waals surface area contributed by atoms with Gasteiger partial charge in [-0.1, -0.05) is 12.1 Å². The lowest BCUT2D eigenvalue weighted by Crippen LogP contribution is -2.06. The lowest BCUT2D eigenvalue weighted by Gasteiger charge is -2.06. The summed E-state index contributed by atoms with van der Waals surface area (Å²) < 4.78 is 79.0. The zero-order valence-corrected chi connectivity index (χ0v) is 15.8. The zero-order chi connectivity index (χ0) is 23.0. The van der Waals surface area contributed by atoms with Gasteiger partial charge in [-0.3, -0.25) is 5.41 Å².